The summed E-state index contributed by atoms with van der Waals surface area (Å²) in [5, 5.41) is 8.17. The molecule has 27 heavy (non-hydrogen) atoms. The van der Waals surface area contributed by atoms with Crippen LogP contribution < -0.4 is 26.8 Å². The third kappa shape index (κ3) is 8.15. The first kappa shape index (κ1) is 20.1. The Labute approximate surface area is 161 Å². The van der Waals surface area contributed by atoms with Gasteiger partial charge in [-0.3, -0.25) is 15.6 Å². The Morgan fingerprint density at radius 3 is 2.15 bits per heavy atom. The Kier molecular flexibility index (Phi) is 7.98. The van der Waals surface area contributed by atoms with Gasteiger partial charge in [0.1, 0.15) is 12.4 Å². The lowest BCUT2D eigenvalue weighted by molar-refractivity contribution is -0.120. The van der Waals surface area contributed by atoms with E-state index in [0.717, 1.165) is 11.1 Å². The van der Waals surface area contributed by atoms with Gasteiger partial charge in [-0.25, -0.2) is 9.18 Å². The minimum Gasteiger partial charge on any atom is -0.357 e. The molecule has 3 amide bonds. The SMILES string of the molecule is O=C(CNC(=O)NCc1ccc(F)cc1)NNC(=S)NCc1ccccc1. The number of hydrogen-bond acceptors (Lipinski definition) is 3. The number of halogens is 1. The number of rotatable bonds is 6. The van der Waals surface area contributed by atoms with Gasteiger partial charge in [0.25, 0.3) is 5.91 Å². The number of carbonyl (C=O) groups excluding carboxylic acids is 2. The van der Waals surface area contributed by atoms with Gasteiger partial charge in [0.15, 0.2) is 5.11 Å². The summed E-state index contributed by atoms with van der Waals surface area (Å²) in [5.74, 6) is -0.806. The third-order valence-corrected chi connectivity index (χ3v) is 3.63. The van der Waals surface area contributed by atoms with E-state index in [9.17, 15) is 14.0 Å². The Bertz CT molecular complexity index is 771. The molecule has 0 atom stereocenters. The Morgan fingerprint density at radius 2 is 1.44 bits per heavy atom. The van der Waals surface area contributed by atoms with Crippen molar-refractivity contribution in [2.24, 2.45) is 0 Å². The second kappa shape index (κ2) is 10.7. The van der Waals surface area contributed by atoms with Gasteiger partial charge in [-0.1, -0.05) is 42.5 Å². The molecule has 0 unspecified atom stereocenters. The Hall–Kier alpha value is -3.20. The molecule has 0 aromatic heterocycles. The second-order valence-corrected chi connectivity index (χ2v) is 5.91. The van der Waals surface area contributed by atoms with Crippen LogP contribution in [0, 0.1) is 5.82 Å². The monoisotopic (exact) mass is 389 g/mol. The molecule has 2 aromatic carbocycles. The fourth-order valence-corrected chi connectivity index (χ4v) is 2.12. The number of urea groups is 1. The summed E-state index contributed by atoms with van der Waals surface area (Å²) >= 11 is 5.05. The minimum atomic E-state index is -0.515. The highest BCUT2D eigenvalue weighted by Crippen LogP contribution is 2.01. The molecule has 142 valence electrons. The van der Waals surface area contributed by atoms with Gasteiger partial charge >= 0.3 is 6.03 Å². The molecule has 7 nitrogen and oxygen atoms in total. The third-order valence-electron chi connectivity index (χ3n) is 3.39. The predicted molar refractivity (Wildman–Crippen MR) is 104 cm³/mol. The van der Waals surface area contributed by atoms with E-state index < -0.39 is 11.9 Å². The predicted octanol–water partition coefficient (Wildman–Crippen LogP) is 1.32. The maximum absolute atomic E-state index is 12.8. The molecule has 0 fully saturated rings. The Morgan fingerprint density at radius 1 is 0.815 bits per heavy atom. The van der Waals surface area contributed by atoms with Crippen molar-refractivity contribution in [3.05, 3.63) is 71.5 Å². The van der Waals surface area contributed by atoms with Gasteiger partial charge < -0.3 is 16.0 Å². The van der Waals surface area contributed by atoms with Crippen molar-refractivity contribution >= 4 is 29.3 Å². The standard InChI is InChI=1S/C18H20FN5O2S/c19-15-8-6-14(7-9-15)10-20-17(26)21-12-16(25)23-24-18(27)22-11-13-4-2-1-3-5-13/h1-9H,10-12H2,(H,23,25)(H2,20,21,26)(H2,22,24,27). The van der Waals surface area contributed by atoms with Crippen LogP contribution in [-0.4, -0.2) is 23.6 Å². The van der Waals surface area contributed by atoms with E-state index in [2.05, 4.69) is 26.8 Å². The zero-order valence-electron chi connectivity index (χ0n) is 14.4. The number of thiocarbonyl (C=S) groups is 1. The Balaban J connectivity index is 1.57. The first-order valence-electron chi connectivity index (χ1n) is 8.15. The quantitative estimate of drug-likeness (QED) is 0.380. The molecule has 2 rings (SSSR count). The molecule has 0 aliphatic carbocycles. The molecule has 0 bridgehead atoms. The van der Waals surface area contributed by atoms with Crippen LogP contribution >= 0.6 is 12.2 Å². The van der Waals surface area contributed by atoms with Crippen LogP contribution in [0.15, 0.2) is 54.6 Å². The highest BCUT2D eigenvalue weighted by atomic mass is 32.1. The highest BCUT2D eigenvalue weighted by molar-refractivity contribution is 7.80. The van der Waals surface area contributed by atoms with Crippen LogP contribution in [0.2, 0.25) is 0 Å². The largest absolute Gasteiger partial charge is 0.357 e. The summed E-state index contributed by atoms with van der Waals surface area (Å²) in [4.78, 5) is 23.3. The number of hydrazine groups is 1. The molecule has 0 radical (unpaired) electrons. The van der Waals surface area contributed by atoms with Crippen LogP contribution in [0.25, 0.3) is 0 Å². The molecule has 5 N–H and O–H groups in total. The van der Waals surface area contributed by atoms with Crippen LogP contribution in [0.4, 0.5) is 9.18 Å². The summed E-state index contributed by atoms with van der Waals surface area (Å²) < 4.78 is 12.8. The van der Waals surface area contributed by atoms with Gasteiger partial charge in [-0.15, -0.1) is 0 Å². The number of nitrogens with one attached hydrogen (secondary N) is 5. The van der Waals surface area contributed by atoms with Gasteiger partial charge in [0, 0.05) is 13.1 Å². The maximum atomic E-state index is 12.8. The molecule has 0 spiro atoms. The first-order chi connectivity index (χ1) is 13.0. The number of carbonyl (C=O) groups is 2. The normalized spacial score (nSPS) is 9.81. The van der Waals surface area contributed by atoms with Crippen molar-refractivity contribution in [3.63, 3.8) is 0 Å². The summed E-state index contributed by atoms with van der Waals surface area (Å²) in [6.07, 6.45) is 0. The molecule has 0 aliphatic rings. The topological polar surface area (TPSA) is 94.3 Å². The number of hydrogen-bond donors (Lipinski definition) is 5. The van der Waals surface area contributed by atoms with E-state index in [-0.39, 0.29) is 24.0 Å². The van der Waals surface area contributed by atoms with Gasteiger partial charge in [-0.2, -0.15) is 0 Å². The average Bonchev–Trinajstić information content (AvgIpc) is 2.69. The molecule has 0 saturated carbocycles. The average molecular weight is 389 g/mol. The fraction of sp³-hybridized carbons (Fsp3) is 0.167. The summed E-state index contributed by atoms with van der Waals surface area (Å²) in [7, 11) is 0. The van der Waals surface area contributed by atoms with E-state index in [0.29, 0.717) is 6.54 Å². The fourth-order valence-electron chi connectivity index (χ4n) is 2.00. The maximum Gasteiger partial charge on any atom is 0.315 e. The summed E-state index contributed by atoms with van der Waals surface area (Å²) in [6, 6.07) is 14.9. The zero-order valence-corrected chi connectivity index (χ0v) is 15.2. The molecule has 0 aliphatic heterocycles. The van der Waals surface area contributed by atoms with Crippen LogP contribution in [0.3, 0.4) is 0 Å². The highest BCUT2D eigenvalue weighted by Gasteiger charge is 2.05. The van der Waals surface area contributed by atoms with Crippen molar-refractivity contribution < 1.29 is 14.0 Å². The second-order valence-electron chi connectivity index (χ2n) is 5.50. The van der Waals surface area contributed by atoms with Crippen molar-refractivity contribution in [1.29, 1.82) is 0 Å². The molecular formula is C18H20FN5O2S. The van der Waals surface area contributed by atoms with Gasteiger partial charge in [0.2, 0.25) is 0 Å². The molecule has 0 saturated heterocycles. The minimum absolute atomic E-state index is 0.222. The van der Waals surface area contributed by atoms with Crippen LogP contribution in [-0.2, 0) is 17.9 Å². The molecule has 0 heterocycles. The van der Waals surface area contributed by atoms with Crippen molar-refractivity contribution in [2.75, 3.05) is 6.54 Å². The zero-order chi connectivity index (χ0) is 19.5. The van der Waals surface area contributed by atoms with Crippen LogP contribution in [0.5, 0.6) is 0 Å². The van der Waals surface area contributed by atoms with E-state index in [1.807, 2.05) is 30.3 Å². The van der Waals surface area contributed by atoms with Crippen molar-refractivity contribution in [2.45, 2.75) is 13.1 Å². The molecule has 2 aromatic rings. The summed E-state index contributed by atoms with van der Waals surface area (Å²) in [5.41, 5.74) is 6.72. The molecular weight excluding hydrogens is 369 g/mol. The van der Waals surface area contributed by atoms with E-state index >= 15 is 0 Å². The van der Waals surface area contributed by atoms with E-state index in [1.54, 1.807) is 12.1 Å². The van der Waals surface area contributed by atoms with Crippen LogP contribution in [0.1, 0.15) is 11.1 Å². The first-order valence-corrected chi connectivity index (χ1v) is 8.56. The lowest BCUT2D eigenvalue weighted by Crippen LogP contribution is -2.50. The lowest BCUT2D eigenvalue weighted by atomic mass is 10.2. The lowest BCUT2D eigenvalue weighted by Gasteiger charge is -2.12. The van der Waals surface area contributed by atoms with Gasteiger partial charge in [0.05, 0.1) is 0 Å². The number of amides is 3. The van der Waals surface area contributed by atoms with Gasteiger partial charge in [-0.05, 0) is 35.5 Å². The summed E-state index contributed by atoms with van der Waals surface area (Å²) in [6.45, 7) is 0.510. The van der Waals surface area contributed by atoms with E-state index in [4.69, 9.17) is 12.2 Å². The molecule has 9 heteroatoms. The van der Waals surface area contributed by atoms with Crippen molar-refractivity contribution in [1.82, 2.24) is 26.8 Å². The van der Waals surface area contributed by atoms with E-state index in [1.165, 1.54) is 12.1 Å². The smallest absolute Gasteiger partial charge is 0.315 e. The van der Waals surface area contributed by atoms with Crippen molar-refractivity contribution in [3.8, 4) is 0 Å². The number of benzene rings is 2.